The fourth-order valence-electron chi connectivity index (χ4n) is 9.27. The van der Waals surface area contributed by atoms with E-state index >= 15 is 0 Å². The molecule has 454 valence electrons. The molecular formula is C68H126N2O7P+. The number of rotatable bonds is 59. The molecule has 0 aromatic heterocycles. The number of hydrogen-bond donors (Lipinski definition) is 2. The van der Waals surface area contributed by atoms with Crippen LogP contribution < -0.4 is 5.32 Å². The average molecular weight is 1110 g/mol. The van der Waals surface area contributed by atoms with Crippen molar-refractivity contribution < 1.29 is 37.3 Å². The minimum atomic E-state index is -4.46. The highest BCUT2D eigenvalue weighted by Gasteiger charge is 2.30. The number of esters is 1. The first kappa shape index (κ1) is 75.5. The van der Waals surface area contributed by atoms with Crippen LogP contribution in [0.5, 0.6) is 0 Å². The second-order valence-electron chi connectivity index (χ2n) is 23.3. The van der Waals surface area contributed by atoms with Crippen molar-refractivity contribution in [3.8, 4) is 0 Å². The van der Waals surface area contributed by atoms with Crippen LogP contribution >= 0.6 is 7.82 Å². The van der Waals surface area contributed by atoms with Crippen LogP contribution in [0, 0.1) is 0 Å². The Bertz CT molecular complexity index is 1570. The molecule has 0 rings (SSSR count). The van der Waals surface area contributed by atoms with Crippen LogP contribution in [0.1, 0.15) is 297 Å². The molecule has 0 aliphatic heterocycles. The summed E-state index contributed by atoms with van der Waals surface area (Å²) in [6.45, 7) is 6.96. The number of ether oxygens (including phenoxy) is 1. The average Bonchev–Trinajstić information content (AvgIpc) is 3.40. The molecule has 3 unspecified atom stereocenters. The predicted octanol–water partition coefficient (Wildman–Crippen LogP) is 20.4. The van der Waals surface area contributed by atoms with Gasteiger partial charge in [-0.1, -0.05) is 255 Å². The zero-order chi connectivity index (χ0) is 57.2. The normalized spacial score (nSPS) is 14.1. The van der Waals surface area contributed by atoms with E-state index < -0.39 is 20.0 Å². The van der Waals surface area contributed by atoms with Crippen molar-refractivity contribution in [2.24, 2.45) is 0 Å². The van der Waals surface area contributed by atoms with Gasteiger partial charge in [0.1, 0.15) is 19.3 Å². The monoisotopic (exact) mass is 1110 g/mol. The van der Waals surface area contributed by atoms with E-state index in [2.05, 4.69) is 86.8 Å². The summed E-state index contributed by atoms with van der Waals surface area (Å²) in [6, 6.07) is -0.862. The van der Waals surface area contributed by atoms with E-state index in [4.69, 9.17) is 13.8 Å². The van der Waals surface area contributed by atoms with Crippen molar-refractivity contribution in [3.63, 3.8) is 0 Å². The van der Waals surface area contributed by atoms with E-state index in [1.807, 2.05) is 33.3 Å². The van der Waals surface area contributed by atoms with Gasteiger partial charge >= 0.3 is 13.8 Å². The molecule has 3 atom stereocenters. The second-order valence-corrected chi connectivity index (χ2v) is 24.7. The molecule has 9 nitrogen and oxygen atoms in total. The van der Waals surface area contributed by atoms with Crippen molar-refractivity contribution in [2.45, 2.75) is 309 Å². The summed E-state index contributed by atoms with van der Waals surface area (Å²) >= 11 is 0. The third-order valence-electron chi connectivity index (χ3n) is 14.4. The van der Waals surface area contributed by atoms with Gasteiger partial charge in [0.2, 0.25) is 5.91 Å². The number of unbranched alkanes of at least 4 members (excludes halogenated alkanes) is 33. The van der Waals surface area contributed by atoms with Gasteiger partial charge < -0.3 is 19.4 Å². The molecule has 0 fully saturated rings. The lowest BCUT2D eigenvalue weighted by Crippen LogP contribution is -2.47. The lowest BCUT2D eigenvalue weighted by Gasteiger charge is -2.27. The third-order valence-corrected chi connectivity index (χ3v) is 15.4. The molecule has 0 saturated carbocycles. The zero-order valence-electron chi connectivity index (χ0n) is 51.9. The molecule has 10 heteroatoms. The third kappa shape index (κ3) is 58.1. The quantitative estimate of drug-likeness (QED) is 0.0205. The number of phosphoric acid groups is 1. The summed E-state index contributed by atoms with van der Waals surface area (Å²) < 4.78 is 30.7. The molecule has 2 N–H and O–H groups in total. The van der Waals surface area contributed by atoms with E-state index in [1.54, 1.807) is 0 Å². The summed E-state index contributed by atoms with van der Waals surface area (Å²) in [7, 11) is 1.48. The van der Waals surface area contributed by atoms with Gasteiger partial charge in [-0.05, 0) is 102 Å². The Balaban J connectivity index is 5.18. The fraction of sp³-hybridized carbons (Fsp3) is 0.794. The Morgan fingerprint density at radius 3 is 1.19 bits per heavy atom. The molecule has 0 aromatic carbocycles. The first-order valence-corrected chi connectivity index (χ1v) is 34.3. The fourth-order valence-corrected chi connectivity index (χ4v) is 10.0. The van der Waals surface area contributed by atoms with Crippen LogP contribution in [-0.4, -0.2) is 74.3 Å². The van der Waals surface area contributed by atoms with Gasteiger partial charge in [-0.2, -0.15) is 0 Å². The topological polar surface area (TPSA) is 111 Å². The number of nitrogens with one attached hydrogen (secondary N) is 1. The largest absolute Gasteiger partial charge is 0.472 e. The van der Waals surface area contributed by atoms with Crippen LogP contribution in [0.4, 0.5) is 0 Å². The molecular weight excluding hydrogens is 988 g/mol. The molecule has 0 saturated heterocycles. The number of allylic oxidation sites excluding steroid dienone is 11. The number of phosphoric ester groups is 1. The molecule has 0 aromatic rings. The lowest BCUT2D eigenvalue weighted by atomic mass is 10.0. The summed E-state index contributed by atoms with van der Waals surface area (Å²) in [5, 5.41) is 3.05. The smallest absolute Gasteiger partial charge is 0.456 e. The molecule has 78 heavy (non-hydrogen) atoms. The van der Waals surface area contributed by atoms with E-state index in [9.17, 15) is 19.0 Å². The number of quaternary nitrogens is 1. The van der Waals surface area contributed by atoms with Crippen LogP contribution in [0.15, 0.2) is 72.9 Å². The van der Waals surface area contributed by atoms with Gasteiger partial charge in [-0.3, -0.25) is 18.6 Å². The van der Waals surface area contributed by atoms with Crippen LogP contribution in [-0.2, 0) is 27.9 Å². The number of nitrogens with zero attached hydrogens (tertiary/aromatic N) is 1. The van der Waals surface area contributed by atoms with Gasteiger partial charge in [0.15, 0.2) is 0 Å². The molecule has 0 aliphatic rings. The van der Waals surface area contributed by atoms with Gasteiger partial charge in [0.05, 0.1) is 33.8 Å². The van der Waals surface area contributed by atoms with E-state index in [-0.39, 0.29) is 31.5 Å². The molecule has 0 radical (unpaired) electrons. The summed E-state index contributed by atoms with van der Waals surface area (Å²) in [5.74, 6) is -0.526. The number of hydrogen-bond acceptors (Lipinski definition) is 6. The first-order chi connectivity index (χ1) is 37.9. The summed E-state index contributed by atoms with van der Waals surface area (Å²) in [4.78, 5) is 37.8. The van der Waals surface area contributed by atoms with Crippen molar-refractivity contribution in [1.82, 2.24) is 5.32 Å². The van der Waals surface area contributed by atoms with Crippen molar-refractivity contribution in [2.75, 3.05) is 40.9 Å². The highest BCUT2D eigenvalue weighted by Crippen LogP contribution is 2.43. The molecule has 0 bridgehead atoms. The van der Waals surface area contributed by atoms with E-state index in [0.717, 1.165) is 89.9 Å². The Morgan fingerprint density at radius 1 is 0.449 bits per heavy atom. The number of carbonyl (C=O) groups excluding carboxylic acids is 2. The number of amides is 1. The van der Waals surface area contributed by atoms with Gasteiger partial charge in [-0.15, -0.1) is 0 Å². The minimum absolute atomic E-state index is 0.0339. The molecule has 0 spiro atoms. The molecule has 0 heterocycles. The first-order valence-electron chi connectivity index (χ1n) is 32.8. The predicted molar refractivity (Wildman–Crippen MR) is 337 cm³/mol. The standard InChI is InChI=1S/C68H125N2O7P/c1-7-10-13-16-19-22-25-28-30-32-33-34-35-36-37-39-41-43-46-49-52-55-58-61-68(72)77-66(59-56-53-50-47-44-27-24-21-18-15-12-9-3)65(64-76-78(73,74)75-63-62-70(4,5)6)69-67(71)60-57-54-51-48-45-42-40-38-31-29-26-23-20-17-14-11-8-2/h19-20,22-23,28-31,40,42,56,59,65-66H,7-18,21,24-27,32-39,41,43-55,57-58,60-64H2,1-6H3,(H-,69,71,73,74)/p+1/b22-19-,23-20-,30-28-,31-29-,42-40-,59-56-. The van der Waals surface area contributed by atoms with Crippen molar-refractivity contribution in [3.05, 3.63) is 72.9 Å². The Hall–Kier alpha value is -2.55. The highest BCUT2D eigenvalue weighted by atomic mass is 31.2. The minimum Gasteiger partial charge on any atom is -0.456 e. The van der Waals surface area contributed by atoms with E-state index in [1.165, 1.54) is 173 Å². The van der Waals surface area contributed by atoms with Crippen molar-refractivity contribution >= 4 is 19.7 Å². The summed E-state index contributed by atoms with van der Waals surface area (Å²) in [5.41, 5.74) is 0. The summed E-state index contributed by atoms with van der Waals surface area (Å²) in [6.07, 6.45) is 74.7. The van der Waals surface area contributed by atoms with Crippen LogP contribution in [0.25, 0.3) is 0 Å². The SMILES string of the molecule is CCCCC/C=C\C/C=C\C/C=C\CCCCCCC(=O)NC(COP(=O)(O)OCC[N+](C)(C)C)C(/C=C\CCCCCCCCCCCC)OC(=O)CCCCCCCCCCCCCCC/C=C\C/C=C\CCCCC. The highest BCUT2D eigenvalue weighted by molar-refractivity contribution is 7.47. The number of carbonyl (C=O) groups is 2. The maximum atomic E-state index is 13.5. The molecule has 1 amide bonds. The Labute approximate surface area is 483 Å². The maximum Gasteiger partial charge on any atom is 0.472 e. The number of likely N-dealkylation sites (N-methyl/N-ethyl adjacent to an activating group) is 1. The Kier molecular flexibility index (Phi) is 55.8. The Morgan fingerprint density at radius 2 is 0.782 bits per heavy atom. The van der Waals surface area contributed by atoms with Gasteiger partial charge in [0, 0.05) is 12.8 Å². The maximum absolute atomic E-state index is 13.5. The van der Waals surface area contributed by atoms with E-state index in [0.29, 0.717) is 17.4 Å². The van der Waals surface area contributed by atoms with Crippen LogP contribution in [0.3, 0.4) is 0 Å². The van der Waals surface area contributed by atoms with Gasteiger partial charge in [-0.25, -0.2) is 4.57 Å². The van der Waals surface area contributed by atoms with Gasteiger partial charge in [0.25, 0.3) is 0 Å². The lowest BCUT2D eigenvalue weighted by molar-refractivity contribution is -0.870. The van der Waals surface area contributed by atoms with Crippen LogP contribution in [0.2, 0.25) is 0 Å². The second kappa shape index (κ2) is 57.7. The molecule has 0 aliphatic carbocycles. The van der Waals surface area contributed by atoms with Crippen molar-refractivity contribution in [1.29, 1.82) is 0 Å². The zero-order valence-corrected chi connectivity index (χ0v) is 52.8.